The first-order valence-electron chi connectivity index (χ1n) is 14.7. The highest BCUT2D eigenvalue weighted by Crippen LogP contribution is 2.40. The predicted molar refractivity (Wildman–Crippen MR) is 183 cm³/mol. The Morgan fingerprint density at radius 1 is 0.625 bits per heavy atom. The number of hydrogen-bond acceptors (Lipinski definition) is 0. The molecule has 0 aromatic heterocycles. The molecule has 0 N–H and O–H groups in total. The molecule has 0 aromatic rings. The normalized spacial score (nSPS) is 19.3. The van der Waals surface area contributed by atoms with Crippen molar-refractivity contribution in [1.29, 1.82) is 0 Å². The van der Waals surface area contributed by atoms with Crippen LogP contribution in [0.25, 0.3) is 0 Å². The molecule has 0 heterocycles. The predicted octanol–water partition coefficient (Wildman–Crippen LogP) is 12.5. The maximum Gasteiger partial charge on any atom is -0.00981 e. The molecule has 0 aromatic carbocycles. The smallest absolute Gasteiger partial charge is 0.00981 e. The zero-order valence-electron chi connectivity index (χ0n) is 27.0. The van der Waals surface area contributed by atoms with Crippen molar-refractivity contribution in [2.45, 2.75) is 88.5 Å². The van der Waals surface area contributed by atoms with Crippen LogP contribution in [0.5, 0.6) is 0 Å². The minimum absolute atomic E-state index is 0.258. The van der Waals surface area contributed by atoms with Gasteiger partial charge in [-0.05, 0) is 85.6 Å². The summed E-state index contributed by atoms with van der Waals surface area (Å²) < 4.78 is 0. The van der Waals surface area contributed by atoms with E-state index in [1.165, 1.54) is 57.4 Å². The van der Waals surface area contributed by atoms with E-state index in [0.29, 0.717) is 0 Å². The molecule has 214 valence electrons. The van der Waals surface area contributed by atoms with Gasteiger partial charge in [-0.3, -0.25) is 0 Å². The fourth-order valence-corrected chi connectivity index (χ4v) is 4.24. The van der Waals surface area contributed by atoms with E-state index in [0.717, 1.165) is 6.42 Å². The largest absolute Gasteiger partial charge is 0.0821 e. The van der Waals surface area contributed by atoms with Gasteiger partial charge in [0.1, 0.15) is 0 Å². The number of allylic oxidation sites excluding steroid dienone is 26. The molecule has 1 rings (SSSR count). The molecular weight excluding hydrogens is 480 g/mol. The third-order valence-corrected chi connectivity index (χ3v) is 6.84. The van der Waals surface area contributed by atoms with Crippen LogP contribution in [0, 0.1) is 5.41 Å². The summed E-state index contributed by atoms with van der Waals surface area (Å²) >= 11 is 0. The Hall–Kier alpha value is -3.38. The highest BCUT2D eigenvalue weighted by molar-refractivity contribution is 5.41. The Morgan fingerprint density at radius 2 is 1.07 bits per heavy atom. The quantitative estimate of drug-likeness (QED) is 0.172. The van der Waals surface area contributed by atoms with Gasteiger partial charge in [0.05, 0.1) is 0 Å². The van der Waals surface area contributed by atoms with Gasteiger partial charge in [0.2, 0.25) is 0 Å². The van der Waals surface area contributed by atoms with Crippen LogP contribution in [-0.2, 0) is 0 Å². The van der Waals surface area contributed by atoms with Crippen LogP contribution in [0.2, 0.25) is 0 Å². The highest BCUT2D eigenvalue weighted by Gasteiger charge is 2.26. The summed E-state index contributed by atoms with van der Waals surface area (Å²) in [5, 5.41) is 0. The molecule has 40 heavy (non-hydrogen) atoms. The third kappa shape index (κ3) is 15.9. The molecule has 0 spiro atoms. The fraction of sp³-hybridized carbons (Fsp3) is 0.350. The summed E-state index contributed by atoms with van der Waals surface area (Å²) in [6.07, 6.45) is 42.5. The van der Waals surface area contributed by atoms with E-state index in [1.54, 1.807) is 0 Å². The maximum absolute atomic E-state index is 2.36. The van der Waals surface area contributed by atoms with Crippen molar-refractivity contribution in [3.8, 4) is 0 Å². The van der Waals surface area contributed by atoms with Gasteiger partial charge >= 0.3 is 0 Å². The van der Waals surface area contributed by atoms with Crippen LogP contribution in [0.15, 0.2) is 154 Å². The fourth-order valence-electron chi connectivity index (χ4n) is 4.24. The topological polar surface area (TPSA) is 0 Å². The summed E-state index contributed by atoms with van der Waals surface area (Å²) in [6, 6.07) is 0. The van der Waals surface area contributed by atoms with Crippen molar-refractivity contribution >= 4 is 0 Å². The lowest BCUT2D eigenvalue weighted by Crippen LogP contribution is -2.18. The molecule has 0 saturated carbocycles. The second kappa shape index (κ2) is 18.8. The summed E-state index contributed by atoms with van der Waals surface area (Å²) in [5.74, 6) is 0. The van der Waals surface area contributed by atoms with Crippen molar-refractivity contribution in [3.63, 3.8) is 0 Å². The van der Waals surface area contributed by atoms with Crippen LogP contribution >= 0.6 is 0 Å². The van der Waals surface area contributed by atoms with Crippen LogP contribution in [0.4, 0.5) is 0 Å². The first-order chi connectivity index (χ1) is 18.9. The maximum atomic E-state index is 2.36. The second-order valence-electron chi connectivity index (χ2n) is 11.8. The van der Waals surface area contributed by atoms with Crippen molar-refractivity contribution < 1.29 is 0 Å². The van der Waals surface area contributed by atoms with Gasteiger partial charge in [0.15, 0.2) is 0 Å². The summed E-state index contributed by atoms with van der Waals surface area (Å²) in [4.78, 5) is 0. The minimum atomic E-state index is 0.258. The summed E-state index contributed by atoms with van der Waals surface area (Å²) in [6.45, 7) is 21.9. The Balaban J connectivity index is 2.60. The molecule has 0 nitrogen and oxygen atoms in total. The molecular formula is C40H54. The monoisotopic (exact) mass is 534 g/mol. The van der Waals surface area contributed by atoms with Crippen molar-refractivity contribution in [3.05, 3.63) is 154 Å². The van der Waals surface area contributed by atoms with Gasteiger partial charge in [-0.25, -0.2) is 0 Å². The number of hydrogen-bond donors (Lipinski definition) is 0. The lowest BCUT2D eigenvalue weighted by Gasteiger charge is -2.32. The van der Waals surface area contributed by atoms with Gasteiger partial charge in [-0.1, -0.05) is 162 Å². The minimum Gasteiger partial charge on any atom is -0.0821 e. The van der Waals surface area contributed by atoms with E-state index in [9.17, 15) is 0 Å². The molecule has 0 unspecified atom stereocenters. The van der Waals surface area contributed by atoms with Gasteiger partial charge < -0.3 is 0 Å². The first kappa shape index (κ1) is 34.6. The van der Waals surface area contributed by atoms with E-state index in [2.05, 4.69) is 179 Å². The molecule has 0 atom stereocenters. The van der Waals surface area contributed by atoms with Gasteiger partial charge in [0.25, 0.3) is 0 Å². The van der Waals surface area contributed by atoms with Crippen LogP contribution in [-0.4, -0.2) is 0 Å². The third-order valence-electron chi connectivity index (χ3n) is 6.84. The average Bonchev–Trinajstić information content (AvgIpc) is 2.85. The zero-order chi connectivity index (χ0) is 30.0. The SMILES string of the molecule is CC(C)=CC/C=C(C)/C=C/C=C(C)/C=C/C=C(C)/C=C/C=C/C(C)=C/C=C/C(C)=C/C=C1\C(C)=CCCC1(C)C. The molecule has 0 radical (unpaired) electrons. The Labute approximate surface area is 247 Å². The van der Waals surface area contributed by atoms with E-state index in [4.69, 9.17) is 0 Å². The van der Waals surface area contributed by atoms with Gasteiger partial charge in [-0.2, -0.15) is 0 Å². The van der Waals surface area contributed by atoms with Gasteiger partial charge in [0, 0.05) is 0 Å². The second-order valence-corrected chi connectivity index (χ2v) is 11.8. The van der Waals surface area contributed by atoms with Crippen LogP contribution in [0.1, 0.15) is 88.5 Å². The molecule has 0 aliphatic heterocycles. The lowest BCUT2D eigenvalue weighted by atomic mass is 9.73. The molecule has 1 aliphatic rings. The highest BCUT2D eigenvalue weighted by atomic mass is 14.3. The van der Waals surface area contributed by atoms with E-state index >= 15 is 0 Å². The average molecular weight is 535 g/mol. The van der Waals surface area contributed by atoms with E-state index in [1.807, 2.05) is 0 Å². The summed E-state index contributed by atoms with van der Waals surface area (Å²) in [5.41, 5.74) is 10.7. The molecule has 0 bridgehead atoms. The Bertz CT molecular complexity index is 1220. The Kier molecular flexibility index (Phi) is 16.3. The van der Waals surface area contributed by atoms with Crippen molar-refractivity contribution in [1.82, 2.24) is 0 Å². The first-order valence-corrected chi connectivity index (χ1v) is 14.7. The zero-order valence-corrected chi connectivity index (χ0v) is 27.0. The van der Waals surface area contributed by atoms with Crippen LogP contribution in [0.3, 0.4) is 0 Å². The Morgan fingerprint density at radius 3 is 1.55 bits per heavy atom. The van der Waals surface area contributed by atoms with Crippen molar-refractivity contribution in [2.75, 3.05) is 0 Å². The lowest BCUT2D eigenvalue weighted by molar-refractivity contribution is 0.404. The van der Waals surface area contributed by atoms with E-state index < -0.39 is 0 Å². The van der Waals surface area contributed by atoms with Crippen LogP contribution < -0.4 is 0 Å². The molecule has 1 aliphatic carbocycles. The van der Waals surface area contributed by atoms with Crippen molar-refractivity contribution in [2.24, 2.45) is 5.41 Å². The summed E-state index contributed by atoms with van der Waals surface area (Å²) in [7, 11) is 0. The van der Waals surface area contributed by atoms with E-state index in [-0.39, 0.29) is 5.41 Å². The molecule has 0 heteroatoms. The standard InChI is InChI=1S/C40H54/c1-32(2)18-13-21-35(5)24-15-26-36(6)25-14-22-33(3)19-11-12-20-34(4)23-16-27-37(7)29-30-39-38(8)28-17-31-40(39,9)10/h11-12,14-16,18-30H,13,17,31H2,1-10H3/b19-11+,20-12+,24-15+,25-14+,27-16+,33-22+,34-23+,35-21+,36-26+,37-29+,39-30+. The molecule has 0 fully saturated rings. The van der Waals surface area contributed by atoms with Gasteiger partial charge in [-0.15, -0.1) is 0 Å². The number of rotatable bonds is 12. The molecule has 0 amide bonds. The molecule has 0 saturated heterocycles.